The molecule has 2 aliphatic rings. The van der Waals surface area contributed by atoms with Gasteiger partial charge in [0.15, 0.2) is 0 Å². The molecule has 15 heavy (non-hydrogen) atoms. The number of hydrogen-bond donors (Lipinski definition) is 1. The van der Waals surface area contributed by atoms with Crippen molar-refractivity contribution in [3.05, 3.63) is 0 Å². The lowest BCUT2D eigenvalue weighted by Crippen LogP contribution is -2.44. The number of likely N-dealkylation sites (N-methyl/N-ethyl adjacent to an activating group) is 1. The zero-order valence-corrected chi connectivity index (χ0v) is 9.99. The van der Waals surface area contributed by atoms with Crippen LogP contribution in [0.3, 0.4) is 0 Å². The van der Waals surface area contributed by atoms with E-state index < -0.39 is 0 Å². The molecule has 0 heterocycles. The first-order valence-corrected chi connectivity index (χ1v) is 6.69. The van der Waals surface area contributed by atoms with Gasteiger partial charge in [0.1, 0.15) is 0 Å². The van der Waals surface area contributed by atoms with Gasteiger partial charge in [0.05, 0.1) is 6.10 Å². The summed E-state index contributed by atoms with van der Waals surface area (Å²) in [6.45, 7) is 0. The van der Waals surface area contributed by atoms with Crippen molar-refractivity contribution in [3.63, 3.8) is 0 Å². The molecule has 0 unspecified atom stereocenters. The third-order valence-electron chi connectivity index (χ3n) is 4.37. The van der Waals surface area contributed by atoms with Crippen molar-refractivity contribution in [3.8, 4) is 0 Å². The van der Waals surface area contributed by atoms with Gasteiger partial charge in [-0.15, -0.1) is 0 Å². The van der Waals surface area contributed by atoms with E-state index in [-0.39, 0.29) is 6.10 Å². The van der Waals surface area contributed by atoms with E-state index in [2.05, 4.69) is 11.9 Å². The smallest absolute Gasteiger partial charge is 0.0695 e. The Morgan fingerprint density at radius 2 is 1.53 bits per heavy atom. The van der Waals surface area contributed by atoms with Crippen LogP contribution in [0.4, 0.5) is 0 Å². The maximum absolute atomic E-state index is 9.92. The number of hydrogen-bond acceptors (Lipinski definition) is 2. The fourth-order valence-electron chi connectivity index (χ4n) is 3.33. The van der Waals surface area contributed by atoms with Gasteiger partial charge >= 0.3 is 0 Å². The standard InChI is InChI=1S/C13H25NO/c1-14(12-9-6-10-13(12)15)11-7-4-2-3-5-8-11/h11-13,15H,2-10H2,1H3/t12-,13-/m0/s1. The summed E-state index contributed by atoms with van der Waals surface area (Å²) >= 11 is 0. The Morgan fingerprint density at radius 3 is 2.07 bits per heavy atom. The summed E-state index contributed by atoms with van der Waals surface area (Å²) in [5.74, 6) is 0. The van der Waals surface area contributed by atoms with Crippen molar-refractivity contribution in [2.75, 3.05) is 7.05 Å². The highest BCUT2D eigenvalue weighted by Crippen LogP contribution is 2.29. The molecule has 2 saturated carbocycles. The monoisotopic (exact) mass is 211 g/mol. The lowest BCUT2D eigenvalue weighted by Gasteiger charge is -2.34. The molecule has 2 rings (SSSR count). The maximum atomic E-state index is 9.92. The molecule has 0 aromatic carbocycles. The molecule has 0 aromatic heterocycles. The molecule has 2 heteroatoms. The lowest BCUT2D eigenvalue weighted by molar-refractivity contribution is 0.0567. The Bertz CT molecular complexity index is 187. The van der Waals surface area contributed by atoms with E-state index in [1.807, 2.05) is 0 Å². The molecule has 2 fully saturated rings. The van der Waals surface area contributed by atoms with Crippen LogP contribution in [0.15, 0.2) is 0 Å². The second-order valence-electron chi connectivity index (χ2n) is 5.38. The van der Waals surface area contributed by atoms with E-state index in [9.17, 15) is 5.11 Å². The predicted molar refractivity (Wildman–Crippen MR) is 62.9 cm³/mol. The minimum absolute atomic E-state index is 0.0572. The number of aliphatic hydroxyl groups excluding tert-OH is 1. The third-order valence-corrected chi connectivity index (χ3v) is 4.37. The largest absolute Gasteiger partial charge is 0.391 e. The molecule has 88 valence electrons. The average molecular weight is 211 g/mol. The molecule has 1 N–H and O–H groups in total. The Hall–Kier alpha value is -0.0800. The van der Waals surface area contributed by atoms with Crippen molar-refractivity contribution in [2.45, 2.75) is 76.0 Å². The molecule has 2 atom stereocenters. The fraction of sp³-hybridized carbons (Fsp3) is 1.00. The molecule has 0 amide bonds. The highest BCUT2D eigenvalue weighted by Gasteiger charge is 2.32. The molecule has 0 saturated heterocycles. The normalized spacial score (nSPS) is 34.6. The van der Waals surface area contributed by atoms with Gasteiger partial charge in [0.25, 0.3) is 0 Å². The van der Waals surface area contributed by atoms with Crippen LogP contribution in [0, 0.1) is 0 Å². The van der Waals surface area contributed by atoms with Gasteiger partial charge in [-0.2, -0.15) is 0 Å². The van der Waals surface area contributed by atoms with Crippen molar-refractivity contribution in [1.29, 1.82) is 0 Å². The molecular weight excluding hydrogens is 186 g/mol. The summed E-state index contributed by atoms with van der Waals surface area (Å²) in [5.41, 5.74) is 0. The van der Waals surface area contributed by atoms with E-state index in [1.54, 1.807) is 0 Å². The highest BCUT2D eigenvalue weighted by atomic mass is 16.3. The number of rotatable bonds is 2. The molecule has 2 nitrogen and oxygen atoms in total. The van der Waals surface area contributed by atoms with E-state index in [4.69, 9.17) is 0 Å². The van der Waals surface area contributed by atoms with Crippen LogP contribution < -0.4 is 0 Å². The topological polar surface area (TPSA) is 23.5 Å². The lowest BCUT2D eigenvalue weighted by atomic mass is 10.0. The molecule has 0 radical (unpaired) electrons. The van der Waals surface area contributed by atoms with E-state index in [0.29, 0.717) is 6.04 Å². The highest BCUT2D eigenvalue weighted by molar-refractivity contribution is 4.87. The molecule has 0 spiro atoms. The zero-order valence-electron chi connectivity index (χ0n) is 9.99. The van der Waals surface area contributed by atoms with Gasteiger partial charge in [-0.05, 0) is 39.2 Å². The van der Waals surface area contributed by atoms with Crippen molar-refractivity contribution >= 4 is 0 Å². The Kier molecular flexibility index (Phi) is 4.04. The van der Waals surface area contributed by atoms with E-state index in [0.717, 1.165) is 12.5 Å². The van der Waals surface area contributed by atoms with E-state index >= 15 is 0 Å². The minimum atomic E-state index is -0.0572. The summed E-state index contributed by atoms with van der Waals surface area (Å²) in [6, 6.07) is 1.19. The number of nitrogens with zero attached hydrogens (tertiary/aromatic N) is 1. The van der Waals surface area contributed by atoms with Crippen LogP contribution >= 0.6 is 0 Å². The van der Waals surface area contributed by atoms with Crippen LogP contribution in [0.25, 0.3) is 0 Å². The first-order valence-electron chi connectivity index (χ1n) is 6.69. The predicted octanol–water partition coefficient (Wildman–Crippen LogP) is 2.55. The van der Waals surface area contributed by atoms with Crippen LogP contribution in [0.2, 0.25) is 0 Å². The van der Waals surface area contributed by atoms with Crippen molar-refractivity contribution in [2.24, 2.45) is 0 Å². The average Bonchev–Trinajstić information content (AvgIpc) is 2.53. The summed E-state index contributed by atoms with van der Waals surface area (Å²) in [7, 11) is 2.23. The van der Waals surface area contributed by atoms with Crippen LogP contribution in [-0.2, 0) is 0 Å². The summed E-state index contributed by atoms with van der Waals surface area (Å²) < 4.78 is 0. The summed E-state index contributed by atoms with van der Waals surface area (Å²) in [6.07, 6.45) is 11.7. The van der Waals surface area contributed by atoms with Crippen molar-refractivity contribution in [1.82, 2.24) is 4.90 Å². The van der Waals surface area contributed by atoms with Gasteiger partial charge in [0, 0.05) is 12.1 Å². The van der Waals surface area contributed by atoms with E-state index in [1.165, 1.54) is 51.4 Å². The Morgan fingerprint density at radius 1 is 0.867 bits per heavy atom. The second-order valence-corrected chi connectivity index (χ2v) is 5.38. The molecule has 2 aliphatic carbocycles. The van der Waals surface area contributed by atoms with Gasteiger partial charge in [0.2, 0.25) is 0 Å². The van der Waals surface area contributed by atoms with Crippen LogP contribution in [-0.4, -0.2) is 35.2 Å². The zero-order chi connectivity index (χ0) is 10.7. The number of aliphatic hydroxyl groups is 1. The molecule has 0 bridgehead atoms. The van der Waals surface area contributed by atoms with Gasteiger partial charge in [-0.1, -0.05) is 25.7 Å². The maximum Gasteiger partial charge on any atom is 0.0695 e. The van der Waals surface area contributed by atoms with Gasteiger partial charge < -0.3 is 5.11 Å². The second kappa shape index (κ2) is 5.31. The van der Waals surface area contributed by atoms with Crippen molar-refractivity contribution < 1.29 is 5.11 Å². The minimum Gasteiger partial charge on any atom is -0.391 e. The molecule has 0 aromatic rings. The molecule has 0 aliphatic heterocycles. The Balaban J connectivity index is 1.90. The SMILES string of the molecule is CN(C1CCCCCC1)[C@H]1CCC[C@@H]1O. The first-order chi connectivity index (χ1) is 7.29. The van der Waals surface area contributed by atoms with Gasteiger partial charge in [-0.3, -0.25) is 4.90 Å². The molecular formula is C13H25NO. The quantitative estimate of drug-likeness (QED) is 0.710. The summed E-state index contributed by atoms with van der Waals surface area (Å²) in [4.78, 5) is 2.49. The van der Waals surface area contributed by atoms with Crippen LogP contribution in [0.5, 0.6) is 0 Å². The fourth-order valence-corrected chi connectivity index (χ4v) is 3.33. The third kappa shape index (κ3) is 2.73. The van der Waals surface area contributed by atoms with Crippen LogP contribution in [0.1, 0.15) is 57.8 Å². The van der Waals surface area contributed by atoms with Gasteiger partial charge in [-0.25, -0.2) is 0 Å². The first kappa shape index (κ1) is 11.4. The Labute approximate surface area is 93.7 Å². The summed E-state index contributed by atoms with van der Waals surface area (Å²) in [5, 5.41) is 9.92.